The Morgan fingerprint density at radius 3 is 2.23 bits per heavy atom. The molecule has 0 saturated heterocycles. The van der Waals surface area contributed by atoms with Crippen LogP contribution < -0.4 is 15.0 Å². The number of rotatable bonds is 5. The van der Waals surface area contributed by atoms with E-state index in [2.05, 4.69) is 5.32 Å². The number of hydrogen-bond acceptors (Lipinski definition) is 3. The minimum Gasteiger partial charge on any atom is -0.497 e. The fourth-order valence-corrected chi connectivity index (χ4v) is 4.19. The molecule has 0 fully saturated rings. The molecule has 0 bridgehead atoms. The molecular weight excluding hydrogens is 428 g/mol. The number of thiocarbonyl (C=S) groups is 1. The molecule has 1 aliphatic rings. The van der Waals surface area contributed by atoms with E-state index in [-0.39, 0.29) is 11.8 Å². The smallest absolute Gasteiger partial charge is 0.178 e. The van der Waals surface area contributed by atoms with Gasteiger partial charge in [-0.05, 0) is 66.7 Å². The van der Waals surface area contributed by atoms with Gasteiger partial charge >= 0.3 is 0 Å². The number of ether oxygens (including phenoxy) is 1. The highest BCUT2D eigenvalue weighted by Gasteiger charge is 2.35. The lowest BCUT2D eigenvalue weighted by atomic mass is 9.89. The number of Topliss-reactive ketones (excluding diaryl/α,β-unsaturated/α-hetero) is 1. The van der Waals surface area contributed by atoms with Gasteiger partial charge in [0.15, 0.2) is 10.9 Å². The molecule has 3 aromatic rings. The number of anilines is 1. The van der Waals surface area contributed by atoms with E-state index in [1.165, 1.54) is 0 Å². The number of nitrogens with zero attached hydrogens (tertiary/aromatic N) is 1. The number of carbonyl (C=O) groups excluding carboxylic acids is 1. The van der Waals surface area contributed by atoms with E-state index >= 15 is 0 Å². The fraction of sp³-hybridized carbons (Fsp3) is 0.120. The number of para-hydroxylation sites is 1. The first kappa shape index (κ1) is 21.1. The van der Waals surface area contributed by atoms with E-state index in [1.807, 2.05) is 83.8 Å². The van der Waals surface area contributed by atoms with Crippen molar-refractivity contribution in [3.63, 3.8) is 0 Å². The van der Waals surface area contributed by atoms with Gasteiger partial charge in [0.2, 0.25) is 0 Å². The summed E-state index contributed by atoms with van der Waals surface area (Å²) in [5, 5.41) is 4.52. The number of hydrogen-bond donors (Lipinski definition) is 1. The molecule has 31 heavy (non-hydrogen) atoms. The summed E-state index contributed by atoms with van der Waals surface area (Å²) in [6.07, 6.45) is 0. The molecule has 1 N–H and O–H groups in total. The average Bonchev–Trinajstić information content (AvgIpc) is 2.79. The van der Waals surface area contributed by atoms with Gasteiger partial charge in [-0.3, -0.25) is 9.69 Å². The Morgan fingerprint density at radius 1 is 1.00 bits per heavy atom. The first-order valence-electron chi connectivity index (χ1n) is 9.80. The van der Waals surface area contributed by atoms with Gasteiger partial charge in [-0.1, -0.05) is 54.1 Å². The summed E-state index contributed by atoms with van der Waals surface area (Å²) in [6, 6.07) is 24.5. The number of carbonyl (C=O) groups is 1. The zero-order chi connectivity index (χ0) is 22.0. The van der Waals surface area contributed by atoms with Gasteiger partial charge in [0.1, 0.15) is 5.75 Å². The molecule has 1 atom stereocenters. The van der Waals surface area contributed by atoms with Crippen LogP contribution in [0, 0.1) is 0 Å². The first-order valence-corrected chi connectivity index (χ1v) is 10.6. The van der Waals surface area contributed by atoms with Crippen LogP contribution in [-0.2, 0) is 4.79 Å². The zero-order valence-electron chi connectivity index (χ0n) is 17.1. The van der Waals surface area contributed by atoms with Gasteiger partial charge in [0.25, 0.3) is 0 Å². The van der Waals surface area contributed by atoms with Crippen LogP contribution in [0.25, 0.3) is 5.70 Å². The van der Waals surface area contributed by atoms with Crippen molar-refractivity contribution >= 4 is 46.1 Å². The van der Waals surface area contributed by atoms with E-state index in [1.54, 1.807) is 14.0 Å². The molecule has 0 radical (unpaired) electrons. The highest BCUT2D eigenvalue weighted by molar-refractivity contribution is 7.80. The van der Waals surface area contributed by atoms with E-state index < -0.39 is 0 Å². The van der Waals surface area contributed by atoms with E-state index in [4.69, 9.17) is 28.6 Å². The van der Waals surface area contributed by atoms with Crippen molar-refractivity contribution in [2.24, 2.45) is 0 Å². The zero-order valence-corrected chi connectivity index (χ0v) is 18.7. The maximum absolute atomic E-state index is 13.0. The van der Waals surface area contributed by atoms with Crippen molar-refractivity contribution in [1.29, 1.82) is 0 Å². The highest BCUT2D eigenvalue weighted by Crippen LogP contribution is 2.39. The van der Waals surface area contributed by atoms with Crippen molar-refractivity contribution in [2.45, 2.75) is 13.0 Å². The summed E-state index contributed by atoms with van der Waals surface area (Å²) in [7, 11) is 1.63. The van der Waals surface area contributed by atoms with Crippen LogP contribution in [0.3, 0.4) is 0 Å². The van der Waals surface area contributed by atoms with Crippen LogP contribution in [0.4, 0.5) is 5.69 Å². The van der Waals surface area contributed by atoms with Crippen LogP contribution >= 0.6 is 23.8 Å². The van der Waals surface area contributed by atoms with Crippen LogP contribution in [0.15, 0.2) is 84.4 Å². The third kappa shape index (κ3) is 4.20. The monoisotopic (exact) mass is 448 g/mol. The number of benzene rings is 3. The van der Waals surface area contributed by atoms with Crippen molar-refractivity contribution in [2.75, 3.05) is 12.0 Å². The molecule has 4 nitrogen and oxygen atoms in total. The number of methoxy groups -OCH3 is 1. The van der Waals surface area contributed by atoms with Crippen LogP contribution in [-0.4, -0.2) is 18.0 Å². The molecule has 156 valence electrons. The molecular formula is C25H21ClN2O2S. The van der Waals surface area contributed by atoms with Crippen molar-refractivity contribution in [3.05, 3.63) is 101 Å². The molecule has 0 aromatic heterocycles. The molecule has 0 unspecified atom stereocenters. The largest absolute Gasteiger partial charge is 0.497 e. The van der Waals surface area contributed by atoms with E-state index in [0.717, 1.165) is 28.3 Å². The summed E-state index contributed by atoms with van der Waals surface area (Å²) < 4.78 is 5.28. The summed E-state index contributed by atoms with van der Waals surface area (Å²) in [5.74, 6) is 0.709. The van der Waals surface area contributed by atoms with Crippen molar-refractivity contribution in [3.8, 4) is 5.75 Å². The summed E-state index contributed by atoms with van der Waals surface area (Å²) in [6.45, 7) is 1.58. The van der Waals surface area contributed by atoms with Crippen LogP contribution in [0.2, 0.25) is 5.02 Å². The highest BCUT2D eigenvalue weighted by atomic mass is 35.5. The lowest BCUT2D eigenvalue weighted by Crippen LogP contribution is -2.47. The molecule has 3 aromatic carbocycles. The molecule has 6 heteroatoms. The average molecular weight is 449 g/mol. The van der Waals surface area contributed by atoms with Gasteiger partial charge in [0, 0.05) is 16.3 Å². The lowest BCUT2D eigenvalue weighted by molar-refractivity contribution is -0.113. The Balaban J connectivity index is 1.96. The van der Waals surface area contributed by atoms with E-state index in [9.17, 15) is 4.79 Å². The quantitative estimate of drug-likeness (QED) is 0.501. The standard InChI is InChI=1S/C25H21ClN2O2S/c1-16(29)22-23(17-10-14-21(30-2)15-11-17)27-25(31)28(20-6-4-3-5-7-20)24(22)18-8-12-19(26)13-9-18/h3-15,23H,1-2H3,(H,27,31)/t23-/m1/s1. The maximum atomic E-state index is 13.0. The molecule has 1 aliphatic heterocycles. The minimum absolute atomic E-state index is 0.0401. The topological polar surface area (TPSA) is 41.6 Å². The Morgan fingerprint density at radius 2 is 1.65 bits per heavy atom. The predicted molar refractivity (Wildman–Crippen MR) is 129 cm³/mol. The molecule has 4 rings (SSSR count). The van der Waals surface area contributed by atoms with Gasteiger partial charge in [-0.25, -0.2) is 0 Å². The van der Waals surface area contributed by atoms with Crippen LogP contribution in [0.1, 0.15) is 24.1 Å². The summed E-state index contributed by atoms with van der Waals surface area (Å²) >= 11 is 11.9. The number of halogens is 1. The van der Waals surface area contributed by atoms with Gasteiger partial charge in [0.05, 0.1) is 18.8 Å². The second-order valence-corrected chi connectivity index (χ2v) is 7.98. The van der Waals surface area contributed by atoms with Crippen molar-refractivity contribution in [1.82, 2.24) is 5.32 Å². The normalized spacial score (nSPS) is 16.2. The molecule has 0 saturated carbocycles. The Labute approximate surface area is 192 Å². The Hall–Kier alpha value is -3.15. The molecule has 0 spiro atoms. The first-order chi connectivity index (χ1) is 15.0. The van der Waals surface area contributed by atoms with Crippen LogP contribution in [0.5, 0.6) is 5.75 Å². The number of nitrogens with one attached hydrogen (secondary N) is 1. The predicted octanol–water partition coefficient (Wildman–Crippen LogP) is 5.78. The Kier molecular flexibility index (Phi) is 6.07. The third-order valence-corrected chi connectivity index (χ3v) is 5.75. The maximum Gasteiger partial charge on any atom is 0.178 e. The SMILES string of the molecule is COc1ccc([C@H]2NC(=S)N(c3ccccc3)C(c3ccc(Cl)cc3)=C2C(C)=O)cc1. The summed E-state index contributed by atoms with van der Waals surface area (Å²) in [4.78, 5) is 14.9. The second-order valence-electron chi connectivity index (χ2n) is 7.15. The Bertz CT molecular complexity index is 1140. The molecule has 0 aliphatic carbocycles. The van der Waals surface area contributed by atoms with Gasteiger partial charge < -0.3 is 10.1 Å². The van der Waals surface area contributed by atoms with Gasteiger partial charge in [-0.2, -0.15) is 0 Å². The molecule has 0 amide bonds. The van der Waals surface area contributed by atoms with E-state index in [0.29, 0.717) is 15.7 Å². The molecule has 1 heterocycles. The fourth-order valence-electron chi connectivity index (χ4n) is 3.75. The summed E-state index contributed by atoms with van der Waals surface area (Å²) in [5.41, 5.74) is 4.04. The second kappa shape index (κ2) is 8.92. The van der Waals surface area contributed by atoms with Gasteiger partial charge in [-0.15, -0.1) is 0 Å². The lowest BCUT2D eigenvalue weighted by Gasteiger charge is -2.39. The van der Waals surface area contributed by atoms with Crippen molar-refractivity contribution < 1.29 is 9.53 Å². The number of ketones is 1. The minimum atomic E-state index is -0.387. The third-order valence-electron chi connectivity index (χ3n) is 5.20.